The summed E-state index contributed by atoms with van der Waals surface area (Å²) in [6.45, 7) is 8.23. The first-order valence-electron chi connectivity index (χ1n) is 5.31. The third-order valence-corrected chi connectivity index (χ3v) is 4.21. The van der Waals surface area contributed by atoms with Gasteiger partial charge < -0.3 is 5.32 Å². The van der Waals surface area contributed by atoms with Gasteiger partial charge in [-0.05, 0) is 49.7 Å². The van der Waals surface area contributed by atoms with E-state index in [1.54, 1.807) is 0 Å². The zero-order chi connectivity index (χ0) is 9.90. The molecular formula is C11H23NS. The zero-order valence-electron chi connectivity index (χ0n) is 9.39. The maximum absolute atomic E-state index is 3.66. The fraction of sp³-hybridized carbons (Fsp3) is 1.00. The van der Waals surface area contributed by atoms with Gasteiger partial charge in [0.2, 0.25) is 0 Å². The molecular weight excluding hydrogens is 178 g/mol. The third-order valence-electron chi connectivity index (χ3n) is 3.31. The van der Waals surface area contributed by atoms with Crippen molar-refractivity contribution in [2.75, 3.05) is 18.6 Å². The van der Waals surface area contributed by atoms with Gasteiger partial charge in [0.25, 0.3) is 0 Å². The molecule has 0 radical (unpaired) electrons. The van der Waals surface area contributed by atoms with Gasteiger partial charge in [0.15, 0.2) is 0 Å². The first kappa shape index (κ1) is 11.4. The summed E-state index contributed by atoms with van der Waals surface area (Å²) < 4.78 is 0. The summed E-state index contributed by atoms with van der Waals surface area (Å²) in [5, 5.41) is 3.66. The van der Waals surface area contributed by atoms with E-state index in [4.69, 9.17) is 0 Å². The number of hydrogen-bond donors (Lipinski definition) is 1. The van der Waals surface area contributed by atoms with Crippen LogP contribution in [0.5, 0.6) is 0 Å². The summed E-state index contributed by atoms with van der Waals surface area (Å²) in [6, 6.07) is 0.705. The Bertz CT molecular complexity index is 154. The molecule has 0 aromatic heterocycles. The molecule has 0 aromatic rings. The summed E-state index contributed by atoms with van der Waals surface area (Å²) in [7, 11) is 0. The topological polar surface area (TPSA) is 12.0 Å². The fourth-order valence-corrected chi connectivity index (χ4v) is 2.28. The van der Waals surface area contributed by atoms with E-state index in [2.05, 4.69) is 32.3 Å². The highest BCUT2D eigenvalue weighted by atomic mass is 32.2. The van der Waals surface area contributed by atoms with Gasteiger partial charge in [0.05, 0.1) is 0 Å². The summed E-state index contributed by atoms with van der Waals surface area (Å²) in [4.78, 5) is 0. The third kappa shape index (κ3) is 3.51. The smallest absolute Gasteiger partial charge is 0.00926 e. The van der Waals surface area contributed by atoms with Gasteiger partial charge in [-0.25, -0.2) is 0 Å². The molecule has 0 heterocycles. The lowest BCUT2D eigenvalue weighted by atomic mass is 10.0. The van der Waals surface area contributed by atoms with Crippen molar-refractivity contribution in [1.82, 2.24) is 5.32 Å². The van der Waals surface area contributed by atoms with E-state index in [1.165, 1.54) is 25.1 Å². The fourth-order valence-electron chi connectivity index (χ4n) is 1.60. The Morgan fingerprint density at radius 2 is 2.00 bits per heavy atom. The van der Waals surface area contributed by atoms with Crippen LogP contribution in [0.25, 0.3) is 0 Å². The molecule has 13 heavy (non-hydrogen) atoms. The molecule has 2 unspecified atom stereocenters. The number of hydrogen-bond acceptors (Lipinski definition) is 2. The van der Waals surface area contributed by atoms with E-state index in [-0.39, 0.29) is 0 Å². The van der Waals surface area contributed by atoms with Crippen LogP contribution in [0.4, 0.5) is 0 Å². The van der Waals surface area contributed by atoms with Crippen LogP contribution < -0.4 is 5.32 Å². The summed E-state index contributed by atoms with van der Waals surface area (Å²) in [5.41, 5.74) is 0.624. The van der Waals surface area contributed by atoms with Crippen LogP contribution in [0.1, 0.15) is 33.6 Å². The molecule has 2 atom stereocenters. The van der Waals surface area contributed by atoms with Gasteiger partial charge >= 0.3 is 0 Å². The lowest BCUT2D eigenvalue weighted by Crippen LogP contribution is -2.36. The Morgan fingerprint density at radius 3 is 2.46 bits per heavy atom. The summed E-state index contributed by atoms with van der Waals surface area (Å²) in [6.07, 6.45) is 5.01. The van der Waals surface area contributed by atoms with E-state index in [0.29, 0.717) is 11.5 Å². The van der Waals surface area contributed by atoms with Crippen LogP contribution in [0.3, 0.4) is 0 Å². The van der Waals surface area contributed by atoms with Gasteiger partial charge in [-0.15, -0.1) is 0 Å². The van der Waals surface area contributed by atoms with Crippen molar-refractivity contribution in [3.8, 4) is 0 Å². The van der Waals surface area contributed by atoms with Crippen molar-refractivity contribution in [2.24, 2.45) is 11.3 Å². The van der Waals surface area contributed by atoms with Crippen LogP contribution in [0.2, 0.25) is 0 Å². The van der Waals surface area contributed by atoms with Crippen molar-refractivity contribution in [3.05, 3.63) is 0 Å². The molecule has 1 aliphatic rings. The minimum atomic E-state index is 0.624. The standard InChI is InChI=1S/C11H23NS/c1-9(8-13-4)7-12-10(2)11(3)5-6-11/h9-10,12H,5-8H2,1-4H3. The monoisotopic (exact) mass is 201 g/mol. The Kier molecular flexibility index (Phi) is 4.11. The quantitative estimate of drug-likeness (QED) is 0.709. The molecule has 1 fully saturated rings. The van der Waals surface area contributed by atoms with Gasteiger partial charge in [0.1, 0.15) is 0 Å². The predicted molar refractivity (Wildman–Crippen MR) is 62.4 cm³/mol. The first-order valence-corrected chi connectivity index (χ1v) is 6.70. The molecule has 1 saturated carbocycles. The lowest BCUT2D eigenvalue weighted by molar-refractivity contribution is 0.364. The highest BCUT2D eigenvalue weighted by molar-refractivity contribution is 7.98. The molecule has 0 bridgehead atoms. The van der Waals surface area contributed by atoms with Crippen molar-refractivity contribution < 1.29 is 0 Å². The van der Waals surface area contributed by atoms with Gasteiger partial charge in [-0.1, -0.05) is 13.8 Å². The number of thioether (sulfide) groups is 1. The van der Waals surface area contributed by atoms with Crippen molar-refractivity contribution in [3.63, 3.8) is 0 Å². The second-order valence-electron chi connectivity index (χ2n) is 4.84. The average molecular weight is 201 g/mol. The normalized spacial score (nSPS) is 24.0. The van der Waals surface area contributed by atoms with E-state index < -0.39 is 0 Å². The minimum absolute atomic E-state index is 0.624. The Balaban J connectivity index is 2.11. The van der Waals surface area contributed by atoms with Gasteiger partial charge in [0, 0.05) is 6.04 Å². The molecule has 0 spiro atoms. The molecule has 1 rings (SSSR count). The van der Waals surface area contributed by atoms with E-state index in [0.717, 1.165) is 5.92 Å². The Hall–Kier alpha value is 0.310. The van der Waals surface area contributed by atoms with Crippen LogP contribution in [-0.4, -0.2) is 24.6 Å². The molecule has 2 heteroatoms. The Morgan fingerprint density at radius 1 is 1.38 bits per heavy atom. The predicted octanol–water partition coefficient (Wildman–Crippen LogP) is 2.76. The van der Waals surface area contributed by atoms with E-state index in [1.807, 2.05) is 11.8 Å². The second-order valence-corrected chi connectivity index (χ2v) is 5.76. The van der Waals surface area contributed by atoms with Gasteiger partial charge in [-0.3, -0.25) is 0 Å². The molecule has 0 amide bonds. The van der Waals surface area contributed by atoms with Crippen LogP contribution in [0, 0.1) is 11.3 Å². The van der Waals surface area contributed by atoms with Gasteiger partial charge in [-0.2, -0.15) is 11.8 Å². The molecule has 0 aromatic carbocycles. The molecule has 78 valence electrons. The van der Waals surface area contributed by atoms with Crippen molar-refractivity contribution in [2.45, 2.75) is 39.7 Å². The lowest BCUT2D eigenvalue weighted by Gasteiger charge is -2.22. The second kappa shape index (κ2) is 4.70. The van der Waals surface area contributed by atoms with Crippen molar-refractivity contribution >= 4 is 11.8 Å². The average Bonchev–Trinajstić information content (AvgIpc) is 2.81. The Labute approximate surface area is 87.1 Å². The minimum Gasteiger partial charge on any atom is -0.313 e. The van der Waals surface area contributed by atoms with E-state index in [9.17, 15) is 0 Å². The van der Waals surface area contributed by atoms with Crippen LogP contribution >= 0.6 is 11.8 Å². The maximum atomic E-state index is 3.66. The SMILES string of the molecule is CSCC(C)CNC(C)C1(C)CC1. The zero-order valence-corrected chi connectivity index (χ0v) is 10.2. The highest BCUT2D eigenvalue weighted by Gasteiger charge is 2.42. The van der Waals surface area contributed by atoms with Crippen molar-refractivity contribution in [1.29, 1.82) is 0 Å². The number of nitrogens with one attached hydrogen (secondary N) is 1. The molecule has 1 nitrogen and oxygen atoms in total. The molecule has 0 aliphatic heterocycles. The largest absolute Gasteiger partial charge is 0.313 e. The molecule has 1 aliphatic carbocycles. The number of rotatable bonds is 6. The molecule has 0 saturated heterocycles. The van der Waals surface area contributed by atoms with Crippen LogP contribution in [0.15, 0.2) is 0 Å². The molecule has 1 N–H and O–H groups in total. The maximum Gasteiger partial charge on any atom is 0.00926 e. The summed E-state index contributed by atoms with van der Waals surface area (Å²) >= 11 is 1.94. The van der Waals surface area contributed by atoms with E-state index >= 15 is 0 Å². The first-order chi connectivity index (χ1) is 6.08. The highest BCUT2D eigenvalue weighted by Crippen LogP contribution is 2.47. The summed E-state index contributed by atoms with van der Waals surface area (Å²) in [5.74, 6) is 2.08. The van der Waals surface area contributed by atoms with Crippen LogP contribution in [-0.2, 0) is 0 Å².